The molecule has 1 saturated heterocycles. The number of nitrogens with one attached hydrogen (secondary N) is 1. The van der Waals surface area contributed by atoms with Crippen molar-refractivity contribution in [1.29, 1.82) is 0 Å². The van der Waals surface area contributed by atoms with Gasteiger partial charge in [-0.1, -0.05) is 45.4 Å². The number of rotatable bonds is 4. The van der Waals surface area contributed by atoms with Crippen LogP contribution in [0.2, 0.25) is 5.02 Å². The Bertz CT molecular complexity index is 480. The topological polar surface area (TPSA) is 15.3 Å². The molecular weight excluding hydrogens is 280 g/mol. The molecule has 0 bridgehead atoms. The van der Waals surface area contributed by atoms with Crippen molar-refractivity contribution in [3.8, 4) is 0 Å². The Hall–Kier alpha value is -0.730. The SMILES string of the molecule is CCC1(CC)CN(c2ccc(C)cc2Cl)C(C(C)C)CN1. The van der Waals surface area contributed by atoms with E-state index >= 15 is 0 Å². The molecule has 0 radical (unpaired) electrons. The minimum Gasteiger partial charge on any atom is -0.364 e. The first-order valence-electron chi connectivity index (χ1n) is 8.20. The summed E-state index contributed by atoms with van der Waals surface area (Å²) in [5, 5.41) is 4.69. The summed E-state index contributed by atoms with van der Waals surface area (Å²) in [6.45, 7) is 13.3. The number of hydrogen-bond acceptors (Lipinski definition) is 2. The lowest BCUT2D eigenvalue weighted by Gasteiger charge is -2.50. The third-order valence-corrected chi connectivity index (χ3v) is 5.40. The highest BCUT2D eigenvalue weighted by Gasteiger charge is 2.38. The summed E-state index contributed by atoms with van der Waals surface area (Å²) in [7, 11) is 0. The van der Waals surface area contributed by atoms with Crippen LogP contribution in [0.3, 0.4) is 0 Å². The largest absolute Gasteiger partial charge is 0.364 e. The highest BCUT2D eigenvalue weighted by molar-refractivity contribution is 6.33. The van der Waals surface area contributed by atoms with Crippen LogP contribution in [0.4, 0.5) is 5.69 Å². The zero-order chi connectivity index (χ0) is 15.6. The molecule has 0 saturated carbocycles. The number of halogens is 1. The van der Waals surface area contributed by atoms with E-state index in [9.17, 15) is 0 Å². The summed E-state index contributed by atoms with van der Waals surface area (Å²) in [5.41, 5.74) is 2.62. The summed E-state index contributed by atoms with van der Waals surface area (Å²) in [6.07, 6.45) is 2.29. The van der Waals surface area contributed by atoms with Crippen molar-refractivity contribution in [2.45, 2.75) is 59.0 Å². The Kier molecular flexibility index (Phi) is 5.21. The molecule has 1 aliphatic rings. The van der Waals surface area contributed by atoms with Crippen LogP contribution in [0.15, 0.2) is 18.2 Å². The van der Waals surface area contributed by atoms with Crippen LogP contribution < -0.4 is 10.2 Å². The third kappa shape index (κ3) is 3.37. The minimum atomic E-state index is 0.208. The van der Waals surface area contributed by atoms with Crippen molar-refractivity contribution in [3.05, 3.63) is 28.8 Å². The number of hydrogen-bond donors (Lipinski definition) is 1. The number of nitrogens with zero attached hydrogens (tertiary/aromatic N) is 1. The maximum absolute atomic E-state index is 6.55. The van der Waals surface area contributed by atoms with Crippen LogP contribution in [-0.4, -0.2) is 24.7 Å². The zero-order valence-electron chi connectivity index (χ0n) is 14.0. The normalized spacial score (nSPS) is 21.9. The number of benzene rings is 1. The van der Waals surface area contributed by atoms with Crippen molar-refractivity contribution in [1.82, 2.24) is 5.32 Å². The Morgan fingerprint density at radius 2 is 2.00 bits per heavy atom. The second-order valence-electron chi connectivity index (χ2n) is 6.76. The van der Waals surface area contributed by atoms with E-state index in [1.807, 2.05) is 0 Å². The first kappa shape index (κ1) is 16.6. The van der Waals surface area contributed by atoms with Gasteiger partial charge in [0.05, 0.1) is 10.7 Å². The molecule has 2 rings (SSSR count). The van der Waals surface area contributed by atoms with Crippen molar-refractivity contribution in [3.63, 3.8) is 0 Å². The van der Waals surface area contributed by atoms with Gasteiger partial charge in [-0.3, -0.25) is 0 Å². The molecule has 1 unspecified atom stereocenters. The first-order valence-corrected chi connectivity index (χ1v) is 8.58. The van der Waals surface area contributed by atoms with E-state index in [2.05, 4.69) is 63.0 Å². The Balaban J connectivity index is 2.38. The van der Waals surface area contributed by atoms with Gasteiger partial charge in [0.15, 0.2) is 0 Å². The van der Waals surface area contributed by atoms with Crippen molar-refractivity contribution >= 4 is 17.3 Å². The molecule has 1 aromatic carbocycles. The molecule has 1 aromatic rings. The highest BCUT2D eigenvalue weighted by Crippen LogP contribution is 2.34. The van der Waals surface area contributed by atoms with E-state index < -0.39 is 0 Å². The van der Waals surface area contributed by atoms with Gasteiger partial charge in [-0.25, -0.2) is 0 Å². The fourth-order valence-electron chi connectivity index (χ4n) is 3.36. The van der Waals surface area contributed by atoms with E-state index in [-0.39, 0.29) is 5.54 Å². The summed E-state index contributed by atoms with van der Waals surface area (Å²) in [6, 6.07) is 6.93. The summed E-state index contributed by atoms with van der Waals surface area (Å²) < 4.78 is 0. The van der Waals surface area contributed by atoms with Gasteiger partial charge < -0.3 is 10.2 Å². The number of anilines is 1. The second kappa shape index (κ2) is 6.58. The fraction of sp³-hybridized carbons (Fsp3) is 0.667. The zero-order valence-corrected chi connectivity index (χ0v) is 14.8. The smallest absolute Gasteiger partial charge is 0.0642 e. The molecule has 0 aliphatic carbocycles. The second-order valence-corrected chi connectivity index (χ2v) is 7.17. The standard InChI is InChI=1S/C18H29ClN2/c1-6-18(7-2)12-21(17(11-20-18)13(3)4)16-9-8-14(5)10-15(16)19/h8-10,13,17,20H,6-7,11-12H2,1-5H3. The number of aryl methyl sites for hydroxylation is 1. The molecular formula is C18H29ClN2. The van der Waals surface area contributed by atoms with E-state index in [4.69, 9.17) is 11.6 Å². The molecule has 3 heteroatoms. The van der Waals surface area contributed by atoms with Gasteiger partial charge in [-0.05, 0) is 43.4 Å². The van der Waals surface area contributed by atoms with Gasteiger partial charge in [-0.15, -0.1) is 0 Å². The monoisotopic (exact) mass is 308 g/mol. The lowest BCUT2D eigenvalue weighted by atomic mass is 9.86. The van der Waals surface area contributed by atoms with Crippen LogP contribution in [-0.2, 0) is 0 Å². The average Bonchev–Trinajstić information content (AvgIpc) is 2.46. The Labute approximate surface area is 134 Å². The highest BCUT2D eigenvalue weighted by atomic mass is 35.5. The minimum absolute atomic E-state index is 0.208. The molecule has 0 amide bonds. The predicted octanol–water partition coefficient (Wildman–Crippen LogP) is 4.64. The molecule has 2 nitrogen and oxygen atoms in total. The van der Waals surface area contributed by atoms with E-state index in [0.717, 1.165) is 31.0 Å². The first-order chi connectivity index (χ1) is 9.92. The van der Waals surface area contributed by atoms with Crippen LogP contribution in [0.1, 0.15) is 46.1 Å². The van der Waals surface area contributed by atoms with Crippen LogP contribution in [0.25, 0.3) is 0 Å². The van der Waals surface area contributed by atoms with Crippen LogP contribution >= 0.6 is 11.6 Å². The Morgan fingerprint density at radius 1 is 1.33 bits per heavy atom. The van der Waals surface area contributed by atoms with Gasteiger partial charge >= 0.3 is 0 Å². The predicted molar refractivity (Wildman–Crippen MR) is 93.5 cm³/mol. The summed E-state index contributed by atoms with van der Waals surface area (Å²) in [4.78, 5) is 2.54. The molecule has 1 heterocycles. The van der Waals surface area contributed by atoms with Crippen molar-refractivity contribution in [2.24, 2.45) is 5.92 Å². The molecule has 21 heavy (non-hydrogen) atoms. The van der Waals surface area contributed by atoms with Crippen molar-refractivity contribution < 1.29 is 0 Å². The molecule has 1 atom stereocenters. The third-order valence-electron chi connectivity index (χ3n) is 5.10. The van der Waals surface area contributed by atoms with Crippen LogP contribution in [0, 0.1) is 12.8 Å². The number of piperazine rings is 1. The molecule has 118 valence electrons. The van der Waals surface area contributed by atoms with Gasteiger partial charge in [0.2, 0.25) is 0 Å². The molecule has 0 aromatic heterocycles. The Morgan fingerprint density at radius 3 is 2.52 bits per heavy atom. The molecule has 0 spiro atoms. The van der Waals surface area contributed by atoms with E-state index in [1.54, 1.807) is 0 Å². The van der Waals surface area contributed by atoms with Gasteiger partial charge in [0.1, 0.15) is 0 Å². The molecule has 1 aliphatic heterocycles. The van der Waals surface area contributed by atoms with Gasteiger partial charge in [-0.2, -0.15) is 0 Å². The fourth-order valence-corrected chi connectivity index (χ4v) is 3.70. The van der Waals surface area contributed by atoms with E-state index in [1.165, 1.54) is 11.3 Å². The summed E-state index contributed by atoms with van der Waals surface area (Å²) in [5.74, 6) is 0.599. The lowest BCUT2D eigenvalue weighted by molar-refractivity contribution is 0.227. The molecule has 1 fully saturated rings. The average molecular weight is 309 g/mol. The van der Waals surface area contributed by atoms with E-state index in [0.29, 0.717) is 12.0 Å². The summed E-state index contributed by atoms with van der Waals surface area (Å²) >= 11 is 6.55. The van der Waals surface area contributed by atoms with Gasteiger partial charge in [0.25, 0.3) is 0 Å². The maximum Gasteiger partial charge on any atom is 0.0642 e. The quantitative estimate of drug-likeness (QED) is 0.871. The molecule has 1 N–H and O–H groups in total. The van der Waals surface area contributed by atoms with Gasteiger partial charge in [0, 0.05) is 24.7 Å². The van der Waals surface area contributed by atoms with Crippen molar-refractivity contribution in [2.75, 3.05) is 18.0 Å². The lowest BCUT2D eigenvalue weighted by Crippen LogP contribution is -2.65. The maximum atomic E-state index is 6.55. The van der Waals surface area contributed by atoms with Crippen LogP contribution in [0.5, 0.6) is 0 Å².